The summed E-state index contributed by atoms with van der Waals surface area (Å²) >= 11 is 1.60. The van der Waals surface area contributed by atoms with Gasteiger partial charge in [0.2, 0.25) is 0 Å². The van der Waals surface area contributed by atoms with E-state index in [4.69, 9.17) is 4.98 Å². The summed E-state index contributed by atoms with van der Waals surface area (Å²) in [5.74, 6) is -0.139. The molecule has 0 bridgehead atoms. The van der Waals surface area contributed by atoms with E-state index in [0.717, 1.165) is 38.5 Å². The van der Waals surface area contributed by atoms with Gasteiger partial charge in [-0.3, -0.25) is 9.59 Å². The van der Waals surface area contributed by atoms with Gasteiger partial charge in [-0.05, 0) is 48.6 Å². The van der Waals surface area contributed by atoms with Gasteiger partial charge in [-0.2, -0.15) is 0 Å². The first-order valence-corrected chi connectivity index (χ1v) is 11.1. The van der Waals surface area contributed by atoms with Crippen LogP contribution in [0.1, 0.15) is 52.4 Å². The Balaban J connectivity index is 1.49. The van der Waals surface area contributed by atoms with E-state index >= 15 is 0 Å². The van der Waals surface area contributed by atoms with Crippen LogP contribution in [0.25, 0.3) is 20.8 Å². The molecule has 2 aromatic carbocycles. The van der Waals surface area contributed by atoms with Crippen molar-refractivity contribution in [2.75, 3.05) is 5.32 Å². The smallest absolute Gasteiger partial charge is 0.272 e. The third kappa shape index (κ3) is 3.47. The van der Waals surface area contributed by atoms with Gasteiger partial charge in [0.1, 0.15) is 10.7 Å². The lowest BCUT2D eigenvalue weighted by atomic mass is 9.75. The minimum atomic E-state index is -0.244. The number of ketones is 1. The predicted octanol–water partition coefficient (Wildman–Crippen LogP) is 6.01. The number of H-pyrrole nitrogens is 1. The highest BCUT2D eigenvalue weighted by Crippen LogP contribution is 2.38. The second kappa shape index (κ2) is 7.17. The first-order valence-electron chi connectivity index (χ1n) is 10.3. The van der Waals surface area contributed by atoms with Crippen molar-refractivity contribution in [2.24, 2.45) is 5.41 Å². The zero-order valence-electron chi connectivity index (χ0n) is 17.7. The molecule has 31 heavy (non-hydrogen) atoms. The molecule has 6 heteroatoms. The maximum Gasteiger partial charge on any atom is 0.272 e. The fourth-order valence-electron chi connectivity index (χ4n) is 4.41. The number of Topliss-reactive ketones (excluding diaryl/α,β-unsaturated/α-hetero) is 1. The number of rotatable bonds is 3. The van der Waals surface area contributed by atoms with E-state index in [2.05, 4.69) is 24.1 Å². The van der Waals surface area contributed by atoms with E-state index in [9.17, 15) is 9.59 Å². The van der Waals surface area contributed by atoms with E-state index in [-0.39, 0.29) is 17.1 Å². The molecule has 0 saturated heterocycles. The quantitative estimate of drug-likeness (QED) is 0.419. The molecule has 0 aliphatic heterocycles. The van der Waals surface area contributed by atoms with Gasteiger partial charge in [0, 0.05) is 23.2 Å². The van der Waals surface area contributed by atoms with Gasteiger partial charge in [0.05, 0.1) is 15.9 Å². The zero-order valence-corrected chi connectivity index (χ0v) is 18.5. The van der Waals surface area contributed by atoms with Gasteiger partial charge < -0.3 is 10.3 Å². The number of fused-ring (bicyclic) bond motifs is 2. The lowest BCUT2D eigenvalue weighted by Gasteiger charge is -2.28. The van der Waals surface area contributed by atoms with Gasteiger partial charge in [-0.25, -0.2) is 4.98 Å². The molecule has 4 aromatic rings. The molecule has 1 aliphatic carbocycles. The Bertz CT molecular complexity index is 1310. The van der Waals surface area contributed by atoms with Crippen LogP contribution in [0.15, 0.2) is 48.5 Å². The normalized spacial score (nSPS) is 15.1. The van der Waals surface area contributed by atoms with Crippen LogP contribution in [-0.2, 0) is 6.42 Å². The van der Waals surface area contributed by atoms with Crippen LogP contribution in [0.3, 0.4) is 0 Å². The number of aromatic nitrogens is 2. The SMILES string of the molecule is Cc1c(C(=O)Nc2ccccc2-c2nc3ccccc3s2)[nH]c2c1C(=O)CC(C)(C)C2. The molecule has 2 heterocycles. The Morgan fingerprint density at radius 1 is 1.10 bits per heavy atom. The van der Waals surface area contributed by atoms with Gasteiger partial charge in [-0.15, -0.1) is 11.3 Å². The lowest BCUT2D eigenvalue weighted by Crippen LogP contribution is -2.26. The van der Waals surface area contributed by atoms with Crippen LogP contribution in [-0.4, -0.2) is 21.7 Å². The van der Waals surface area contributed by atoms with E-state index in [1.807, 2.05) is 55.5 Å². The number of aromatic amines is 1. The highest BCUT2D eigenvalue weighted by atomic mass is 32.1. The largest absolute Gasteiger partial charge is 0.354 e. The fraction of sp³-hybridized carbons (Fsp3) is 0.240. The second-order valence-corrected chi connectivity index (χ2v) is 9.94. The molecular formula is C25H23N3O2S. The molecular weight excluding hydrogens is 406 g/mol. The molecule has 0 fully saturated rings. The number of carbonyl (C=O) groups is 2. The van der Waals surface area contributed by atoms with Crippen molar-refractivity contribution in [3.8, 4) is 10.6 Å². The third-order valence-electron chi connectivity index (χ3n) is 5.83. The van der Waals surface area contributed by atoms with Crippen LogP contribution < -0.4 is 5.32 Å². The van der Waals surface area contributed by atoms with Crippen molar-refractivity contribution in [3.05, 3.63) is 71.0 Å². The number of amides is 1. The number of thiazole rings is 1. The highest BCUT2D eigenvalue weighted by molar-refractivity contribution is 7.21. The highest BCUT2D eigenvalue weighted by Gasteiger charge is 2.35. The number of nitrogens with one attached hydrogen (secondary N) is 2. The fourth-order valence-corrected chi connectivity index (χ4v) is 5.42. The third-order valence-corrected chi connectivity index (χ3v) is 6.90. The van der Waals surface area contributed by atoms with E-state index < -0.39 is 0 Å². The van der Waals surface area contributed by atoms with Crippen LogP contribution >= 0.6 is 11.3 Å². The molecule has 2 aromatic heterocycles. The minimum Gasteiger partial charge on any atom is -0.354 e. The predicted molar refractivity (Wildman–Crippen MR) is 125 cm³/mol. The summed E-state index contributed by atoms with van der Waals surface area (Å²) in [6, 6.07) is 15.7. The van der Waals surface area contributed by atoms with Crippen LogP contribution in [0.4, 0.5) is 5.69 Å². The molecule has 5 rings (SSSR count). The maximum absolute atomic E-state index is 13.2. The maximum atomic E-state index is 13.2. The van der Waals surface area contributed by atoms with Gasteiger partial charge in [0.25, 0.3) is 5.91 Å². The second-order valence-electron chi connectivity index (χ2n) is 8.91. The Morgan fingerprint density at radius 2 is 1.84 bits per heavy atom. The van der Waals surface area contributed by atoms with Crippen molar-refractivity contribution in [3.63, 3.8) is 0 Å². The number of carbonyl (C=O) groups excluding carboxylic acids is 2. The van der Waals surface area contributed by atoms with Crippen molar-refractivity contribution in [1.29, 1.82) is 0 Å². The zero-order chi connectivity index (χ0) is 21.8. The van der Waals surface area contributed by atoms with E-state index in [0.29, 0.717) is 23.4 Å². The molecule has 0 radical (unpaired) electrons. The van der Waals surface area contributed by atoms with Crippen molar-refractivity contribution >= 4 is 38.9 Å². The van der Waals surface area contributed by atoms with E-state index in [1.165, 1.54) is 0 Å². The number of para-hydroxylation sites is 2. The number of hydrogen-bond acceptors (Lipinski definition) is 4. The van der Waals surface area contributed by atoms with Gasteiger partial charge >= 0.3 is 0 Å². The molecule has 1 aliphatic rings. The summed E-state index contributed by atoms with van der Waals surface area (Å²) in [5, 5.41) is 3.90. The molecule has 0 atom stereocenters. The molecule has 2 N–H and O–H groups in total. The summed E-state index contributed by atoms with van der Waals surface area (Å²) < 4.78 is 1.10. The average Bonchev–Trinajstić information content (AvgIpc) is 3.28. The Hall–Kier alpha value is -3.25. The van der Waals surface area contributed by atoms with Crippen LogP contribution in [0.2, 0.25) is 0 Å². The van der Waals surface area contributed by atoms with Gasteiger partial charge in [0.15, 0.2) is 5.78 Å². The number of benzene rings is 2. The standard InChI is InChI=1S/C25H23N3O2S/c1-14-21-18(12-25(2,3)13-19(21)29)26-22(14)23(30)27-16-9-5-4-8-15(16)24-28-17-10-6-7-11-20(17)31-24/h4-11,26H,12-13H2,1-3H3,(H,27,30). The molecule has 0 saturated carbocycles. The molecule has 156 valence electrons. The van der Waals surface area contributed by atoms with Crippen molar-refractivity contribution in [2.45, 2.75) is 33.6 Å². The Labute approximate surface area is 184 Å². The van der Waals surface area contributed by atoms with Gasteiger partial charge in [-0.1, -0.05) is 38.1 Å². The topological polar surface area (TPSA) is 74.8 Å². The monoisotopic (exact) mass is 429 g/mol. The van der Waals surface area contributed by atoms with E-state index in [1.54, 1.807) is 11.3 Å². The number of anilines is 1. The molecule has 0 spiro atoms. The van der Waals surface area contributed by atoms with Crippen molar-refractivity contribution < 1.29 is 9.59 Å². The lowest BCUT2D eigenvalue weighted by molar-refractivity contribution is 0.0910. The minimum absolute atomic E-state index is 0.103. The van der Waals surface area contributed by atoms with Crippen molar-refractivity contribution in [1.82, 2.24) is 9.97 Å². The number of nitrogens with zero attached hydrogens (tertiary/aromatic N) is 1. The van der Waals surface area contributed by atoms with Crippen LogP contribution in [0.5, 0.6) is 0 Å². The summed E-state index contributed by atoms with van der Waals surface area (Å²) in [5.41, 5.74) is 5.15. The Morgan fingerprint density at radius 3 is 2.65 bits per heavy atom. The summed E-state index contributed by atoms with van der Waals surface area (Å²) in [6.07, 6.45) is 1.25. The summed E-state index contributed by atoms with van der Waals surface area (Å²) in [6.45, 7) is 6.01. The number of hydrogen-bond donors (Lipinski definition) is 2. The summed E-state index contributed by atoms with van der Waals surface area (Å²) in [4.78, 5) is 33.9. The van der Waals surface area contributed by atoms with Crippen LogP contribution in [0, 0.1) is 12.3 Å². The molecule has 5 nitrogen and oxygen atoms in total. The first kappa shape index (κ1) is 19.7. The summed E-state index contributed by atoms with van der Waals surface area (Å²) in [7, 11) is 0. The average molecular weight is 430 g/mol. The molecule has 1 amide bonds. The first-order chi connectivity index (χ1) is 14.8. The Kier molecular flexibility index (Phi) is 4.55. The molecule has 0 unspecified atom stereocenters.